The van der Waals surface area contributed by atoms with Crippen LogP contribution in [0.1, 0.15) is 11.1 Å². The zero-order valence-corrected chi connectivity index (χ0v) is 7.05. The van der Waals surface area contributed by atoms with Crippen LogP contribution < -0.4 is 0 Å². The molecule has 0 atom stereocenters. The van der Waals surface area contributed by atoms with Crippen LogP contribution in [0.15, 0.2) is 24.3 Å². The molecule has 0 saturated heterocycles. The van der Waals surface area contributed by atoms with Crippen LogP contribution in [0.2, 0.25) is 0 Å². The topological polar surface area (TPSA) is 48.6 Å². The van der Waals surface area contributed by atoms with Crippen LogP contribution in [0, 0.1) is 6.92 Å². The minimum Gasteiger partial charge on any atom is -0.412 e. The third kappa shape index (κ3) is 2.32. The Balaban J connectivity index is 0.00000144. The molecule has 4 heteroatoms. The van der Waals surface area contributed by atoms with Gasteiger partial charge in [-0.25, -0.2) is 0 Å². The normalized spacial score (nSPS) is 10.4. The number of hydrogen-bond donors (Lipinski definition) is 0. The smallest absolute Gasteiger partial charge is 0.327 e. The van der Waals surface area contributed by atoms with Crippen LogP contribution in [0.3, 0.4) is 0 Å². The summed E-state index contributed by atoms with van der Waals surface area (Å²) in [7, 11) is 0. The van der Waals surface area contributed by atoms with Crippen molar-refractivity contribution >= 4 is 6.29 Å². The second kappa shape index (κ2) is 4.09. The first-order chi connectivity index (χ1) is 5.58. The standard InChI is InChI=1S/C9H8F2O.H2O/c1-7-4-2-3-5-8(7)9(10,11)6-12;/h2-6H,1H3;1H2. The van der Waals surface area contributed by atoms with Gasteiger partial charge in [-0.2, -0.15) is 8.78 Å². The van der Waals surface area contributed by atoms with Gasteiger partial charge in [-0.15, -0.1) is 0 Å². The van der Waals surface area contributed by atoms with E-state index in [9.17, 15) is 13.6 Å². The first-order valence-electron chi connectivity index (χ1n) is 3.48. The van der Waals surface area contributed by atoms with Crippen molar-refractivity contribution < 1.29 is 19.1 Å². The number of alkyl halides is 2. The first kappa shape index (κ1) is 11.7. The molecular weight excluding hydrogens is 178 g/mol. The molecule has 2 nitrogen and oxygen atoms in total. The Morgan fingerprint density at radius 1 is 1.31 bits per heavy atom. The summed E-state index contributed by atoms with van der Waals surface area (Å²) in [5.74, 6) is -3.36. The monoisotopic (exact) mass is 188 g/mol. The molecule has 0 aliphatic heterocycles. The zero-order valence-electron chi connectivity index (χ0n) is 7.05. The van der Waals surface area contributed by atoms with Crippen molar-refractivity contribution in [3.05, 3.63) is 35.4 Å². The molecule has 0 aliphatic carbocycles. The van der Waals surface area contributed by atoms with Gasteiger partial charge in [0.15, 0.2) is 6.29 Å². The third-order valence-electron chi connectivity index (χ3n) is 1.65. The van der Waals surface area contributed by atoms with Crippen LogP contribution in [0.5, 0.6) is 0 Å². The van der Waals surface area contributed by atoms with Crippen molar-refractivity contribution in [2.45, 2.75) is 12.8 Å². The molecule has 0 unspecified atom stereocenters. The summed E-state index contributed by atoms with van der Waals surface area (Å²) < 4.78 is 25.6. The molecule has 2 N–H and O–H groups in total. The predicted molar refractivity (Wildman–Crippen MR) is 44.8 cm³/mol. The van der Waals surface area contributed by atoms with Crippen LogP contribution >= 0.6 is 0 Å². The second-order valence-electron chi connectivity index (χ2n) is 2.56. The van der Waals surface area contributed by atoms with E-state index in [-0.39, 0.29) is 17.3 Å². The summed E-state index contributed by atoms with van der Waals surface area (Å²) in [5, 5.41) is 0. The highest BCUT2D eigenvalue weighted by Crippen LogP contribution is 2.27. The van der Waals surface area contributed by atoms with Gasteiger partial charge < -0.3 is 5.48 Å². The predicted octanol–water partition coefficient (Wildman–Crippen LogP) is 1.46. The molecule has 1 aromatic carbocycles. The van der Waals surface area contributed by atoms with Crippen molar-refractivity contribution in [1.82, 2.24) is 0 Å². The highest BCUT2D eigenvalue weighted by Gasteiger charge is 2.31. The molecule has 0 saturated carbocycles. The lowest BCUT2D eigenvalue weighted by Gasteiger charge is -2.11. The molecule has 0 aromatic heterocycles. The van der Waals surface area contributed by atoms with E-state index in [1.165, 1.54) is 12.1 Å². The Bertz CT molecular complexity index is 297. The Labute approximate surface area is 74.5 Å². The molecule has 0 amide bonds. The zero-order chi connectivity index (χ0) is 9.19. The van der Waals surface area contributed by atoms with E-state index in [2.05, 4.69) is 0 Å². The lowest BCUT2D eigenvalue weighted by Crippen LogP contribution is -2.16. The fraction of sp³-hybridized carbons (Fsp3) is 0.222. The molecule has 0 spiro atoms. The first-order valence-corrected chi connectivity index (χ1v) is 3.48. The molecule has 1 aromatic rings. The van der Waals surface area contributed by atoms with Gasteiger partial charge >= 0.3 is 5.92 Å². The quantitative estimate of drug-likeness (QED) is 0.648. The van der Waals surface area contributed by atoms with Gasteiger partial charge in [-0.3, -0.25) is 4.79 Å². The third-order valence-corrected chi connectivity index (χ3v) is 1.65. The Morgan fingerprint density at radius 3 is 2.31 bits per heavy atom. The van der Waals surface area contributed by atoms with Gasteiger partial charge in [0.2, 0.25) is 0 Å². The molecule has 0 radical (unpaired) electrons. The Morgan fingerprint density at radius 2 is 1.85 bits per heavy atom. The minimum absolute atomic E-state index is 0. The number of rotatable bonds is 2. The van der Waals surface area contributed by atoms with E-state index in [0.717, 1.165) is 0 Å². The average molecular weight is 188 g/mol. The van der Waals surface area contributed by atoms with Crippen LogP contribution in [0.25, 0.3) is 0 Å². The summed E-state index contributed by atoms with van der Waals surface area (Å²) >= 11 is 0. The van der Waals surface area contributed by atoms with E-state index in [4.69, 9.17) is 0 Å². The van der Waals surface area contributed by atoms with Gasteiger partial charge in [0.05, 0.1) is 0 Å². The van der Waals surface area contributed by atoms with Gasteiger partial charge in [0, 0.05) is 5.56 Å². The number of aryl methyl sites for hydroxylation is 1. The van der Waals surface area contributed by atoms with E-state index in [0.29, 0.717) is 5.56 Å². The maximum absolute atomic E-state index is 12.8. The number of benzene rings is 1. The highest BCUT2D eigenvalue weighted by molar-refractivity contribution is 5.64. The van der Waals surface area contributed by atoms with Gasteiger partial charge in [-0.1, -0.05) is 24.3 Å². The van der Waals surface area contributed by atoms with E-state index in [1.54, 1.807) is 19.1 Å². The Hall–Kier alpha value is -1.29. The molecule has 0 fully saturated rings. The van der Waals surface area contributed by atoms with Crippen LogP contribution in [0.4, 0.5) is 8.78 Å². The SMILES string of the molecule is Cc1ccccc1C(F)(F)C=O.O. The number of hydrogen-bond acceptors (Lipinski definition) is 1. The summed E-state index contributed by atoms with van der Waals surface area (Å²) in [6.45, 7) is 1.55. The molecule has 13 heavy (non-hydrogen) atoms. The van der Waals surface area contributed by atoms with Crippen molar-refractivity contribution in [1.29, 1.82) is 0 Å². The van der Waals surface area contributed by atoms with Gasteiger partial charge in [0.1, 0.15) is 0 Å². The van der Waals surface area contributed by atoms with Crippen molar-refractivity contribution in [2.24, 2.45) is 0 Å². The molecule has 0 heterocycles. The van der Waals surface area contributed by atoms with E-state index < -0.39 is 5.92 Å². The molecule has 0 bridgehead atoms. The summed E-state index contributed by atoms with van der Waals surface area (Å²) in [6, 6.07) is 5.94. The lowest BCUT2D eigenvalue weighted by atomic mass is 10.0. The lowest BCUT2D eigenvalue weighted by molar-refractivity contribution is -0.130. The van der Waals surface area contributed by atoms with Crippen LogP contribution in [-0.4, -0.2) is 11.8 Å². The molecule has 1 rings (SSSR count). The number of aldehydes is 1. The largest absolute Gasteiger partial charge is 0.412 e. The maximum atomic E-state index is 12.8. The molecular formula is C9H10F2O2. The Kier molecular flexibility index (Phi) is 3.69. The minimum atomic E-state index is -3.36. The summed E-state index contributed by atoms with van der Waals surface area (Å²) in [5.41, 5.74) is 0.203. The fourth-order valence-corrected chi connectivity index (χ4v) is 1.01. The average Bonchev–Trinajstić information content (AvgIpc) is 2.05. The van der Waals surface area contributed by atoms with Crippen molar-refractivity contribution in [2.75, 3.05) is 0 Å². The summed E-state index contributed by atoms with van der Waals surface area (Å²) in [4.78, 5) is 10.0. The van der Waals surface area contributed by atoms with Gasteiger partial charge in [0.25, 0.3) is 0 Å². The molecule has 72 valence electrons. The highest BCUT2D eigenvalue weighted by atomic mass is 19.3. The van der Waals surface area contributed by atoms with Crippen molar-refractivity contribution in [3.8, 4) is 0 Å². The van der Waals surface area contributed by atoms with Gasteiger partial charge in [-0.05, 0) is 12.5 Å². The summed E-state index contributed by atoms with van der Waals surface area (Å²) in [6.07, 6.45) is -0.338. The maximum Gasteiger partial charge on any atom is 0.327 e. The van der Waals surface area contributed by atoms with Crippen molar-refractivity contribution in [3.63, 3.8) is 0 Å². The number of halogens is 2. The fourth-order valence-electron chi connectivity index (χ4n) is 1.01. The molecule has 0 aliphatic rings. The van der Waals surface area contributed by atoms with E-state index in [1.807, 2.05) is 0 Å². The van der Waals surface area contributed by atoms with Crippen LogP contribution in [-0.2, 0) is 10.7 Å². The number of carbonyl (C=O) groups excluding carboxylic acids is 1. The van der Waals surface area contributed by atoms with E-state index >= 15 is 0 Å². The second-order valence-corrected chi connectivity index (χ2v) is 2.56. The number of carbonyl (C=O) groups is 1.